The molecule has 0 saturated heterocycles. The summed E-state index contributed by atoms with van der Waals surface area (Å²) in [4.78, 5) is 6.06. The highest BCUT2D eigenvalue weighted by Crippen LogP contribution is 2.39. The first kappa shape index (κ1) is 22.3. The summed E-state index contributed by atoms with van der Waals surface area (Å²) in [5, 5.41) is 12.1. The summed E-state index contributed by atoms with van der Waals surface area (Å²) < 4.78 is 46.1. The maximum Gasteiger partial charge on any atom is 0.419 e. The van der Waals surface area contributed by atoms with Crippen LogP contribution in [0.4, 0.5) is 24.5 Å². The first-order valence-corrected chi connectivity index (χ1v) is 8.80. The van der Waals surface area contributed by atoms with Crippen LogP contribution in [-0.4, -0.2) is 44.2 Å². The molecule has 2 aromatic rings. The summed E-state index contributed by atoms with van der Waals surface area (Å²) in [6, 6.07) is 7.13. The molecule has 0 radical (unpaired) electrons. The van der Waals surface area contributed by atoms with E-state index in [-0.39, 0.29) is 35.0 Å². The van der Waals surface area contributed by atoms with Crippen LogP contribution >= 0.6 is 0 Å². The molecule has 2 rings (SSSR count). The van der Waals surface area contributed by atoms with E-state index in [0.717, 1.165) is 6.07 Å². The van der Waals surface area contributed by atoms with E-state index in [2.05, 4.69) is 15.7 Å². The van der Waals surface area contributed by atoms with E-state index >= 15 is 0 Å². The minimum atomic E-state index is -4.60. The number of hydrazine groups is 1. The average molecular weight is 408 g/mol. The molecule has 1 heterocycles. The molecule has 0 saturated carbocycles. The summed E-state index contributed by atoms with van der Waals surface area (Å²) in [7, 11) is 5.36. The summed E-state index contributed by atoms with van der Waals surface area (Å²) >= 11 is 0. The standard InChI is InChI=1S/C19H23F3N6O/c1-25-15-10-14(26-16(11-23)18(15)27-24)12-5-6-17(13(9-12)19(20,21)22)29-8-4-7-28(2)3/h5-6,9-10,27H,4,7-8,24H2,1-3H3,(H,25,26). The van der Waals surface area contributed by atoms with Gasteiger partial charge in [-0.15, -0.1) is 0 Å². The van der Waals surface area contributed by atoms with Crippen LogP contribution < -0.4 is 21.3 Å². The van der Waals surface area contributed by atoms with Gasteiger partial charge < -0.3 is 20.4 Å². The lowest BCUT2D eigenvalue weighted by Gasteiger charge is -2.17. The Morgan fingerprint density at radius 1 is 1.28 bits per heavy atom. The van der Waals surface area contributed by atoms with E-state index in [9.17, 15) is 18.4 Å². The number of anilines is 2. The third-order valence-corrected chi connectivity index (χ3v) is 4.13. The molecule has 0 amide bonds. The molecule has 0 aliphatic rings. The Labute approximate surface area is 167 Å². The second-order valence-corrected chi connectivity index (χ2v) is 6.50. The Balaban J connectivity index is 2.44. The van der Waals surface area contributed by atoms with Gasteiger partial charge >= 0.3 is 6.18 Å². The third-order valence-electron chi connectivity index (χ3n) is 4.13. The molecule has 0 aliphatic carbocycles. The lowest BCUT2D eigenvalue weighted by Crippen LogP contribution is -2.16. The number of benzene rings is 1. The Hall–Kier alpha value is -3.03. The maximum absolute atomic E-state index is 13.6. The van der Waals surface area contributed by atoms with Gasteiger partial charge in [-0.3, -0.25) is 5.84 Å². The van der Waals surface area contributed by atoms with E-state index in [4.69, 9.17) is 10.6 Å². The van der Waals surface area contributed by atoms with Gasteiger partial charge in [0.05, 0.1) is 23.6 Å². The SMILES string of the molecule is CNc1cc(-c2ccc(OCCCN(C)C)c(C(F)(F)F)c2)nc(C#N)c1NN. The van der Waals surface area contributed by atoms with E-state index in [0.29, 0.717) is 18.7 Å². The number of aromatic nitrogens is 1. The molecule has 29 heavy (non-hydrogen) atoms. The number of pyridine rings is 1. The number of ether oxygens (including phenoxy) is 1. The molecular formula is C19H23F3N6O. The lowest BCUT2D eigenvalue weighted by molar-refractivity contribution is -0.138. The van der Waals surface area contributed by atoms with Crippen LogP contribution in [-0.2, 0) is 6.18 Å². The molecule has 1 aromatic carbocycles. The van der Waals surface area contributed by atoms with Gasteiger partial charge in [0.15, 0.2) is 5.69 Å². The number of hydrogen-bond acceptors (Lipinski definition) is 7. The molecule has 0 unspecified atom stereocenters. The number of nitrogens with zero attached hydrogens (tertiary/aromatic N) is 3. The smallest absolute Gasteiger partial charge is 0.419 e. The van der Waals surface area contributed by atoms with Crippen LogP contribution in [0, 0.1) is 11.3 Å². The van der Waals surface area contributed by atoms with Crippen LogP contribution in [0.3, 0.4) is 0 Å². The van der Waals surface area contributed by atoms with Gasteiger partial charge in [-0.25, -0.2) is 4.98 Å². The van der Waals surface area contributed by atoms with Crippen molar-refractivity contribution in [1.82, 2.24) is 9.88 Å². The zero-order chi connectivity index (χ0) is 21.6. The van der Waals surface area contributed by atoms with Crippen molar-refractivity contribution < 1.29 is 17.9 Å². The fourth-order valence-electron chi connectivity index (χ4n) is 2.72. The molecule has 0 fully saturated rings. The molecule has 0 spiro atoms. The van der Waals surface area contributed by atoms with E-state index in [1.807, 2.05) is 25.1 Å². The van der Waals surface area contributed by atoms with Gasteiger partial charge in [0.25, 0.3) is 0 Å². The number of alkyl halides is 3. The summed E-state index contributed by atoms with van der Waals surface area (Å²) in [6.45, 7) is 0.868. The third kappa shape index (κ3) is 5.49. The van der Waals surface area contributed by atoms with Gasteiger partial charge in [-0.1, -0.05) is 0 Å². The number of nitrogens with two attached hydrogens (primary N) is 1. The van der Waals surface area contributed by atoms with Gasteiger partial charge in [0.1, 0.15) is 17.5 Å². The van der Waals surface area contributed by atoms with Crippen molar-refractivity contribution in [3.63, 3.8) is 0 Å². The van der Waals surface area contributed by atoms with Crippen LogP contribution in [0.2, 0.25) is 0 Å². The van der Waals surface area contributed by atoms with E-state index in [1.54, 1.807) is 7.05 Å². The van der Waals surface area contributed by atoms with Gasteiger partial charge in [0, 0.05) is 19.2 Å². The van der Waals surface area contributed by atoms with Crippen LogP contribution in [0.25, 0.3) is 11.3 Å². The number of halogens is 3. The van der Waals surface area contributed by atoms with Gasteiger partial charge in [-0.2, -0.15) is 18.4 Å². The Kier molecular flexibility index (Phi) is 7.25. The van der Waals surface area contributed by atoms with Crippen molar-refractivity contribution in [2.45, 2.75) is 12.6 Å². The molecule has 0 atom stereocenters. The quantitative estimate of drug-likeness (QED) is 0.350. The van der Waals surface area contributed by atoms with Crippen molar-refractivity contribution in [2.24, 2.45) is 5.84 Å². The largest absolute Gasteiger partial charge is 0.493 e. The zero-order valence-corrected chi connectivity index (χ0v) is 16.4. The van der Waals surface area contributed by atoms with Crippen LogP contribution in [0.1, 0.15) is 17.7 Å². The predicted octanol–water partition coefficient (Wildman–Crippen LogP) is 3.30. The first-order valence-electron chi connectivity index (χ1n) is 8.80. The van der Waals surface area contributed by atoms with Gasteiger partial charge in [-0.05, 0) is 44.8 Å². The number of nitrogens with one attached hydrogen (secondary N) is 2. The minimum absolute atomic E-state index is 0.0353. The molecule has 156 valence electrons. The van der Waals surface area contributed by atoms with Crippen molar-refractivity contribution in [3.05, 3.63) is 35.5 Å². The molecule has 10 heteroatoms. The van der Waals surface area contributed by atoms with Crippen molar-refractivity contribution in [3.8, 4) is 23.1 Å². The number of hydrogen-bond donors (Lipinski definition) is 3. The zero-order valence-electron chi connectivity index (χ0n) is 16.4. The summed E-state index contributed by atoms with van der Waals surface area (Å²) in [5.74, 6) is 5.18. The topological polar surface area (TPSA) is 99.2 Å². The van der Waals surface area contributed by atoms with Crippen LogP contribution in [0.5, 0.6) is 5.75 Å². The normalized spacial score (nSPS) is 11.3. The molecule has 4 N–H and O–H groups in total. The average Bonchev–Trinajstić information content (AvgIpc) is 2.69. The summed E-state index contributed by atoms with van der Waals surface area (Å²) in [6.07, 6.45) is -4.01. The Morgan fingerprint density at radius 3 is 2.55 bits per heavy atom. The molecule has 0 aliphatic heterocycles. The van der Waals surface area contributed by atoms with Crippen molar-refractivity contribution in [1.29, 1.82) is 5.26 Å². The first-order chi connectivity index (χ1) is 13.7. The molecule has 0 bridgehead atoms. The lowest BCUT2D eigenvalue weighted by atomic mass is 10.0. The monoisotopic (exact) mass is 408 g/mol. The number of nitriles is 1. The Morgan fingerprint density at radius 2 is 2.00 bits per heavy atom. The highest BCUT2D eigenvalue weighted by molar-refractivity contribution is 5.78. The number of nitrogen functional groups attached to an aromatic ring is 1. The van der Waals surface area contributed by atoms with Crippen molar-refractivity contribution >= 4 is 11.4 Å². The predicted molar refractivity (Wildman–Crippen MR) is 105 cm³/mol. The maximum atomic E-state index is 13.6. The summed E-state index contributed by atoms with van der Waals surface area (Å²) in [5.41, 5.74) is 2.55. The second kappa shape index (κ2) is 9.45. The van der Waals surface area contributed by atoms with Crippen LogP contribution in [0.15, 0.2) is 24.3 Å². The van der Waals surface area contributed by atoms with Gasteiger partial charge in [0.2, 0.25) is 0 Å². The van der Waals surface area contributed by atoms with E-state index < -0.39 is 11.7 Å². The molecule has 1 aromatic heterocycles. The molecular weight excluding hydrogens is 385 g/mol. The molecule has 7 nitrogen and oxygen atoms in total. The number of rotatable bonds is 8. The highest BCUT2D eigenvalue weighted by atomic mass is 19.4. The Bertz CT molecular complexity index is 893. The van der Waals surface area contributed by atoms with Crippen molar-refractivity contribution in [2.75, 3.05) is 45.0 Å². The second-order valence-electron chi connectivity index (χ2n) is 6.50. The minimum Gasteiger partial charge on any atom is -0.493 e. The highest BCUT2D eigenvalue weighted by Gasteiger charge is 2.35. The fourth-order valence-corrected chi connectivity index (χ4v) is 2.72. The fraction of sp³-hybridized carbons (Fsp3) is 0.368. The van der Waals surface area contributed by atoms with E-state index in [1.165, 1.54) is 18.2 Å².